The zero-order valence-electron chi connectivity index (χ0n) is 4.33. The predicted octanol–water partition coefficient (Wildman–Crippen LogP) is 0.0181. The Morgan fingerprint density at radius 3 is 3.62 bits per heavy atom. The second-order valence-corrected chi connectivity index (χ2v) is 1.75. The summed E-state index contributed by atoms with van der Waals surface area (Å²) in [6.45, 7) is 0.916. The highest BCUT2D eigenvalue weighted by atomic mass is 15.2. The van der Waals surface area contributed by atoms with E-state index in [1.165, 1.54) is 0 Å². The van der Waals surface area contributed by atoms with Crippen LogP contribution in [-0.4, -0.2) is 11.2 Å². The van der Waals surface area contributed by atoms with Crippen LogP contribution in [-0.2, 0) is 6.54 Å². The van der Waals surface area contributed by atoms with Crippen LogP contribution in [0.3, 0.4) is 0 Å². The molecule has 3 nitrogen and oxygen atoms in total. The van der Waals surface area contributed by atoms with Gasteiger partial charge in [-0.05, 0) is 0 Å². The summed E-state index contributed by atoms with van der Waals surface area (Å²) < 4.78 is 2.04. The monoisotopic (exact) mass is 108 g/mol. The summed E-state index contributed by atoms with van der Waals surface area (Å²) in [5.74, 6) is 0.949. The number of aliphatic imine (C=N–C) groups is 1. The second kappa shape index (κ2) is 1.18. The molecule has 1 N–H and O–H groups in total. The Morgan fingerprint density at radius 2 is 2.75 bits per heavy atom. The maximum Gasteiger partial charge on any atom is 0.396 e. The first-order valence-electron chi connectivity index (χ1n) is 2.56. The molecule has 0 fully saturated rings. The summed E-state index contributed by atoms with van der Waals surface area (Å²) in [4.78, 5) is 7.02. The Hall–Kier alpha value is -1.12. The molecule has 0 radical (unpaired) electrons. The number of H-pyrrole nitrogens is 1. The van der Waals surface area contributed by atoms with Gasteiger partial charge in [-0.1, -0.05) is 4.99 Å². The second-order valence-electron chi connectivity index (χ2n) is 1.75. The van der Waals surface area contributed by atoms with Gasteiger partial charge in [-0.25, -0.2) is 9.55 Å². The van der Waals surface area contributed by atoms with Gasteiger partial charge in [-0.15, -0.1) is 0 Å². The molecule has 0 atom stereocenters. The highest BCUT2D eigenvalue weighted by Crippen LogP contribution is 2.00. The van der Waals surface area contributed by atoms with Crippen molar-refractivity contribution in [3.05, 3.63) is 12.4 Å². The molecule has 1 aromatic heterocycles. The van der Waals surface area contributed by atoms with Gasteiger partial charge in [0.05, 0.1) is 12.4 Å². The fraction of sp³-hybridized carbons (Fsp3) is 0.200. The number of aromatic amines is 1. The van der Waals surface area contributed by atoms with E-state index >= 15 is 0 Å². The largest absolute Gasteiger partial charge is 0.396 e. The van der Waals surface area contributed by atoms with Crippen LogP contribution in [0, 0.1) is 0 Å². The number of nitrogens with zero attached hydrogens (tertiary/aromatic N) is 2. The molecule has 2 heterocycles. The molecule has 40 valence electrons. The van der Waals surface area contributed by atoms with Gasteiger partial charge >= 0.3 is 5.95 Å². The predicted molar refractivity (Wildman–Crippen MR) is 29.1 cm³/mol. The third-order valence-electron chi connectivity index (χ3n) is 1.23. The number of aromatic nitrogens is 2. The Kier molecular flexibility index (Phi) is 0.566. The van der Waals surface area contributed by atoms with Crippen LogP contribution in [0.1, 0.15) is 0 Å². The molecule has 0 saturated heterocycles. The number of hydrogen-bond acceptors (Lipinski definition) is 1. The van der Waals surface area contributed by atoms with Crippen LogP contribution in [0.2, 0.25) is 0 Å². The van der Waals surface area contributed by atoms with E-state index in [9.17, 15) is 0 Å². The van der Waals surface area contributed by atoms with E-state index in [0.717, 1.165) is 12.5 Å². The van der Waals surface area contributed by atoms with Crippen molar-refractivity contribution >= 4 is 12.2 Å². The molecule has 0 saturated carbocycles. The Labute approximate surface area is 46.7 Å². The van der Waals surface area contributed by atoms with Crippen molar-refractivity contribution in [3.63, 3.8) is 0 Å². The molecule has 1 aliphatic rings. The molecular formula is C5H6N3+. The quantitative estimate of drug-likeness (QED) is 0.454. The van der Waals surface area contributed by atoms with Crippen LogP contribution in [0.4, 0.5) is 5.95 Å². The molecular weight excluding hydrogens is 102 g/mol. The summed E-state index contributed by atoms with van der Waals surface area (Å²) in [5.41, 5.74) is 0. The molecule has 0 amide bonds. The zero-order valence-corrected chi connectivity index (χ0v) is 4.33. The normalized spacial score (nSPS) is 14.5. The fourth-order valence-electron chi connectivity index (χ4n) is 0.829. The number of nitrogens with one attached hydrogen (secondary N) is 1. The van der Waals surface area contributed by atoms with Crippen molar-refractivity contribution < 1.29 is 4.57 Å². The van der Waals surface area contributed by atoms with Crippen molar-refractivity contribution in [1.82, 2.24) is 4.98 Å². The molecule has 0 bridgehead atoms. The summed E-state index contributed by atoms with van der Waals surface area (Å²) in [7, 11) is 0. The number of hydrogen-bond donors (Lipinski definition) is 1. The van der Waals surface area contributed by atoms with Gasteiger partial charge in [0, 0.05) is 0 Å². The van der Waals surface area contributed by atoms with Crippen molar-refractivity contribution in [2.24, 2.45) is 4.99 Å². The van der Waals surface area contributed by atoms with Crippen molar-refractivity contribution in [2.45, 2.75) is 6.54 Å². The van der Waals surface area contributed by atoms with Crippen molar-refractivity contribution in [1.29, 1.82) is 0 Å². The average molecular weight is 108 g/mol. The van der Waals surface area contributed by atoms with Gasteiger partial charge in [-0.2, -0.15) is 0 Å². The van der Waals surface area contributed by atoms with E-state index in [1.807, 2.05) is 23.2 Å². The smallest absolute Gasteiger partial charge is 0.246 e. The molecule has 8 heavy (non-hydrogen) atoms. The van der Waals surface area contributed by atoms with Crippen LogP contribution in [0.25, 0.3) is 0 Å². The van der Waals surface area contributed by atoms with E-state index in [-0.39, 0.29) is 0 Å². The van der Waals surface area contributed by atoms with E-state index in [1.54, 1.807) is 0 Å². The van der Waals surface area contributed by atoms with Gasteiger partial charge in [0.15, 0.2) is 0 Å². The molecule has 3 heteroatoms. The van der Waals surface area contributed by atoms with Gasteiger partial charge in [-0.3, -0.25) is 0 Å². The number of imidazole rings is 1. The lowest BCUT2D eigenvalue weighted by molar-refractivity contribution is -0.661. The van der Waals surface area contributed by atoms with Crippen LogP contribution in [0.5, 0.6) is 0 Å². The Bertz CT molecular complexity index is 223. The Balaban J connectivity index is 2.67. The van der Waals surface area contributed by atoms with E-state index in [0.29, 0.717) is 0 Å². The highest BCUT2D eigenvalue weighted by molar-refractivity contribution is 5.60. The molecule has 0 aromatic carbocycles. The SMILES string of the molecule is C1=Nc2[nH]cc[n+]2C1. The minimum Gasteiger partial charge on any atom is -0.246 e. The molecule has 0 spiro atoms. The van der Waals surface area contributed by atoms with Crippen LogP contribution in [0.15, 0.2) is 17.4 Å². The van der Waals surface area contributed by atoms with Crippen molar-refractivity contribution in [3.8, 4) is 0 Å². The summed E-state index contributed by atoms with van der Waals surface area (Å²) >= 11 is 0. The first-order chi connectivity index (χ1) is 3.97. The van der Waals surface area contributed by atoms with E-state index in [4.69, 9.17) is 0 Å². The van der Waals surface area contributed by atoms with Crippen molar-refractivity contribution in [2.75, 3.05) is 0 Å². The van der Waals surface area contributed by atoms with E-state index < -0.39 is 0 Å². The third-order valence-corrected chi connectivity index (χ3v) is 1.23. The lowest BCUT2D eigenvalue weighted by atomic mass is 10.7. The maximum atomic E-state index is 4.04. The van der Waals surface area contributed by atoms with Crippen LogP contribution < -0.4 is 4.57 Å². The minimum atomic E-state index is 0.916. The molecule has 2 rings (SSSR count). The molecule has 1 aromatic rings. The minimum absolute atomic E-state index is 0.916. The number of fused-ring (bicyclic) bond motifs is 1. The zero-order chi connectivity index (χ0) is 5.40. The average Bonchev–Trinajstić information content (AvgIpc) is 2.15. The number of rotatable bonds is 0. The van der Waals surface area contributed by atoms with Crippen LogP contribution >= 0.6 is 0 Å². The first kappa shape index (κ1) is 3.83. The molecule has 0 unspecified atom stereocenters. The summed E-state index contributed by atoms with van der Waals surface area (Å²) in [6.07, 6.45) is 5.74. The maximum absolute atomic E-state index is 4.04. The lowest BCUT2D eigenvalue weighted by Crippen LogP contribution is -2.27. The first-order valence-corrected chi connectivity index (χ1v) is 2.56. The topological polar surface area (TPSA) is 32.0 Å². The standard InChI is InChI=1S/C5H5N3/c1-3-8-4-2-7-5(8)6-1/h1-3H,4H2/p+1. The molecule has 0 aliphatic carbocycles. The van der Waals surface area contributed by atoms with Gasteiger partial charge in [0.25, 0.3) is 0 Å². The highest BCUT2D eigenvalue weighted by Gasteiger charge is 2.11. The van der Waals surface area contributed by atoms with Gasteiger partial charge < -0.3 is 0 Å². The van der Waals surface area contributed by atoms with Gasteiger partial charge in [0.1, 0.15) is 12.8 Å². The fourth-order valence-corrected chi connectivity index (χ4v) is 0.829. The lowest BCUT2D eigenvalue weighted by Gasteiger charge is -1.77. The third kappa shape index (κ3) is 0.332. The van der Waals surface area contributed by atoms with Gasteiger partial charge in [0.2, 0.25) is 0 Å². The molecule has 1 aliphatic heterocycles. The summed E-state index contributed by atoms with van der Waals surface area (Å²) in [5, 5.41) is 0. The van der Waals surface area contributed by atoms with E-state index in [2.05, 4.69) is 9.98 Å². The Morgan fingerprint density at radius 1 is 1.75 bits per heavy atom. The summed E-state index contributed by atoms with van der Waals surface area (Å²) in [6, 6.07) is 0.